The number of allylic oxidation sites excluding steroid dienone is 1. The number of carbonyl (C=O) groups is 1. The van der Waals surface area contributed by atoms with Crippen LogP contribution in [0.5, 0.6) is 5.88 Å². The molecule has 11 nitrogen and oxygen atoms in total. The number of aliphatic imine (C=N–C) groups is 1. The van der Waals surface area contributed by atoms with Gasteiger partial charge in [-0.2, -0.15) is 0 Å². The second kappa shape index (κ2) is 9.20. The minimum absolute atomic E-state index is 0.0585. The van der Waals surface area contributed by atoms with Crippen molar-refractivity contribution >= 4 is 48.9 Å². The molecule has 1 aromatic heterocycles. The number of aromatic amines is 1. The zero-order chi connectivity index (χ0) is 29.5. The third-order valence-corrected chi connectivity index (χ3v) is 8.72. The largest absolute Gasteiger partial charge is 0.493 e. The molecule has 0 saturated heterocycles. The number of phosphoric ester groups is 1. The molecule has 1 unspecified atom stereocenters. The predicted octanol–water partition coefficient (Wildman–Crippen LogP) is 3.87. The molecule has 1 amide bonds. The first-order valence-corrected chi connectivity index (χ1v) is 14.2. The third kappa shape index (κ3) is 4.63. The van der Waals surface area contributed by atoms with Crippen LogP contribution < -0.4 is 11.0 Å². The van der Waals surface area contributed by atoms with Gasteiger partial charge in [-0.05, 0) is 42.3 Å². The molecule has 7 rings (SSSR count). The molecule has 5 N–H and O–H groups in total. The summed E-state index contributed by atoms with van der Waals surface area (Å²) in [4.78, 5) is 51.9. The lowest BCUT2D eigenvalue weighted by Crippen LogP contribution is -2.79. The number of phosphoric acid groups is 1. The van der Waals surface area contributed by atoms with Crippen molar-refractivity contribution in [1.29, 1.82) is 0 Å². The highest BCUT2D eigenvalue weighted by molar-refractivity contribution is 7.46. The van der Waals surface area contributed by atoms with Crippen LogP contribution in [-0.2, 0) is 13.9 Å². The summed E-state index contributed by atoms with van der Waals surface area (Å²) in [6.07, 6.45) is 3.31. The van der Waals surface area contributed by atoms with Crippen molar-refractivity contribution in [3.05, 3.63) is 79.9 Å². The maximum atomic E-state index is 14.2. The Kier molecular flexibility index (Phi) is 6.18. The molecule has 3 aliphatic carbocycles. The number of benzene rings is 2. The van der Waals surface area contributed by atoms with E-state index in [1.54, 1.807) is 19.1 Å². The third-order valence-electron chi connectivity index (χ3n) is 7.69. The highest BCUT2D eigenvalue weighted by Gasteiger charge is 2.71. The van der Waals surface area contributed by atoms with Gasteiger partial charge in [-0.3, -0.25) is 14.3 Å². The van der Waals surface area contributed by atoms with Gasteiger partial charge in [0.05, 0.1) is 11.3 Å². The van der Waals surface area contributed by atoms with E-state index in [4.69, 9.17) is 25.9 Å². The molecule has 1 atom stereocenters. The molecule has 41 heavy (non-hydrogen) atoms. The van der Waals surface area contributed by atoms with E-state index >= 15 is 0 Å². The zero-order valence-corrected chi connectivity index (χ0v) is 22.8. The number of amides is 1. The number of aromatic hydroxyl groups is 1. The van der Waals surface area contributed by atoms with Gasteiger partial charge in [0.2, 0.25) is 11.8 Å². The molecule has 2 aromatic carbocycles. The summed E-state index contributed by atoms with van der Waals surface area (Å²) in [5.41, 5.74) is -0.407. The number of imidazole rings is 1. The first kappa shape index (κ1) is 27.6. The molecule has 0 radical (unpaired) electrons. The summed E-state index contributed by atoms with van der Waals surface area (Å²) in [6.45, 7) is 1.80. The van der Waals surface area contributed by atoms with E-state index in [0.29, 0.717) is 21.8 Å². The minimum atomic E-state index is -4.75. The highest BCUT2D eigenvalue weighted by Crippen LogP contribution is 2.67. The van der Waals surface area contributed by atoms with Gasteiger partial charge in [0.25, 0.3) is 0 Å². The Morgan fingerprint density at radius 3 is 2.61 bits per heavy atom. The lowest BCUT2D eigenvalue weighted by Gasteiger charge is -2.69. The molecule has 15 heteroatoms. The number of fused-ring (bicyclic) bond motifs is 1. The van der Waals surface area contributed by atoms with Crippen LogP contribution in [0, 0.1) is 18.6 Å². The monoisotopic (exact) mass is 606 g/mol. The SMILES string of the molecule is Cc1c(Cl)ccc2c1N=CC2=Cc1[nH]c(=O)n(C(C(=O)NC23CC(OP(=O)(O)O)(C2)C3)c2ccc(F)c(F)c2)c1O. The maximum Gasteiger partial charge on any atom is 0.470 e. The summed E-state index contributed by atoms with van der Waals surface area (Å²) in [5, 5.41) is 14.4. The standard InChI is InChI=1S/C26H22ClF2N4O7P/c1-12-16(27)4-3-15-14(8-30-20(12)15)7-19-23(35)33(24(36)31-19)21(13-2-5-17(28)18(29)6-13)22(34)32-25-9-26(10-25,11-25)40-41(37,38)39/h2-8,21,35H,9-11H2,1H3,(H,31,36)(H,32,34)(H2,37,38,39). The molecule has 2 heterocycles. The second-order valence-electron chi connectivity index (χ2n) is 10.6. The van der Waals surface area contributed by atoms with E-state index in [0.717, 1.165) is 28.3 Å². The number of aromatic nitrogens is 2. The van der Waals surface area contributed by atoms with Gasteiger partial charge in [-0.15, -0.1) is 0 Å². The van der Waals surface area contributed by atoms with Crippen LogP contribution >= 0.6 is 19.4 Å². The lowest BCUT2D eigenvalue weighted by atomic mass is 9.46. The average Bonchev–Trinajstić information content (AvgIpc) is 3.37. The van der Waals surface area contributed by atoms with Gasteiger partial charge in [0.15, 0.2) is 11.6 Å². The van der Waals surface area contributed by atoms with Crippen LogP contribution in [0.4, 0.5) is 14.5 Å². The van der Waals surface area contributed by atoms with Gasteiger partial charge >= 0.3 is 13.5 Å². The molecule has 4 aliphatic rings. The normalized spacial score (nSPS) is 24.1. The number of halogens is 3. The molecule has 2 bridgehead atoms. The minimum Gasteiger partial charge on any atom is -0.493 e. The van der Waals surface area contributed by atoms with Crippen molar-refractivity contribution in [3.8, 4) is 5.88 Å². The van der Waals surface area contributed by atoms with E-state index in [1.807, 2.05) is 0 Å². The number of H-pyrrole nitrogens is 1. The number of hydrogen-bond donors (Lipinski definition) is 5. The number of carbonyl (C=O) groups excluding carboxylic acids is 1. The molecule has 3 aromatic rings. The molecule has 0 spiro atoms. The van der Waals surface area contributed by atoms with E-state index in [1.165, 1.54) is 12.3 Å². The fraction of sp³-hybridized carbons (Fsp3) is 0.269. The Labute approximate surface area is 235 Å². The van der Waals surface area contributed by atoms with E-state index in [2.05, 4.69) is 15.3 Å². The Morgan fingerprint density at radius 1 is 1.24 bits per heavy atom. The van der Waals surface area contributed by atoms with Gasteiger partial charge < -0.3 is 25.2 Å². The Morgan fingerprint density at radius 2 is 1.95 bits per heavy atom. The fourth-order valence-electron chi connectivity index (χ4n) is 5.95. The molecular formula is C26H22ClF2N4O7P. The Balaban J connectivity index is 1.35. The maximum absolute atomic E-state index is 14.2. The van der Waals surface area contributed by atoms with Crippen molar-refractivity contribution < 1.29 is 37.6 Å². The van der Waals surface area contributed by atoms with Gasteiger partial charge in [-0.25, -0.2) is 22.7 Å². The molecule has 214 valence electrons. The van der Waals surface area contributed by atoms with Crippen LogP contribution in [0.25, 0.3) is 11.6 Å². The molecule has 1 aliphatic heterocycles. The quantitative estimate of drug-likeness (QED) is 0.255. The summed E-state index contributed by atoms with van der Waals surface area (Å²) in [6, 6.07) is 4.47. The zero-order valence-electron chi connectivity index (χ0n) is 21.2. The smallest absolute Gasteiger partial charge is 0.470 e. The van der Waals surface area contributed by atoms with Gasteiger partial charge in [0.1, 0.15) is 11.7 Å². The molecule has 3 saturated carbocycles. The lowest BCUT2D eigenvalue weighted by molar-refractivity contribution is -0.211. The number of nitrogens with one attached hydrogen (secondary N) is 2. The van der Waals surface area contributed by atoms with Crippen LogP contribution in [0.3, 0.4) is 0 Å². The van der Waals surface area contributed by atoms with Crippen LogP contribution in [0.15, 0.2) is 40.1 Å². The summed E-state index contributed by atoms with van der Waals surface area (Å²) >= 11 is 6.18. The van der Waals surface area contributed by atoms with E-state index < -0.39 is 54.1 Å². The van der Waals surface area contributed by atoms with Crippen molar-refractivity contribution in [3.63, 3.8) is 0 Å². The topological polar surface area (TPSA) is 166 Å². The van der Waals surface area contributed by atoms with Crippen molar-refractivity contribution in [2.75, 3.05) is 0 Å². The molecule has 3 fully saturated rings. The Hall–Kier alpha value is -3.61. The van der Waals surface area contributed by atoms with Crippen molar-refractivity contribution in [1.82, 2.24) is 14.9 Å². The number of nitrogens with zero attached hydrogens (tertiary/aromatic N) is 2. The van der Waals surface area contributed by atoms with Crippen LogP contribution in [0.2, 0.25) is 5.02 Å². The first-order valence-electron chi connectivity index (χ1n) is 12.3. The predicted molar refractivity (Wildman–Crippen MR) is 144 cm³/mol. The van der Waals surface area contributed by atoms with Crippen LogP contribution in [0.1, 0.15) is 47.7 Å². The van der Waals surface area contributed by atoms with Crippen molar-refractivity contribution in [2.45, 2.75) is 43.4 Å². The first-order chi connectivity index (χ1) is 19.2. The second-order valence-corrected chi connectivity index (χ2v) is 12.2. The van der Waals surface area contributed by atoms with Crippen LogP contribution in [-0.4, -0.2) is 47.7 Å². The van der Waals surface area contributed by atoms with E-state index in [-0.39, 0.29) is 30.5 Å². The number of rotatable bonds is 7. The Bertz CT molecular complexity index is 1790. The van der Waals surface area contributed by atoms with Crippen molar-refractivity contribution in [2.24, 2.45) is 4.99 Å². The van der Waals surface area contributed by atoms with Gasteiger partial charge in [0, 0.05) is 47.2 Å². The number of hydrogen-bond acceptors (Lipinski definition) is 6. The summed E-state index contributed by atoms with van der Waals surface area (Å²) in [7, 11) is -4.75. The fourth-order valence-corrected chi connectivity index (χ4v) is 6.80. The summed E-state index contributed by atoms with van der Waals surface area (Å²) in [5.74, 6) is -3.90. The highest BCUT2D eigenvalue weighted by atomic mass is 35.5. The molecular weight excluding hydrogens is 585 g/mol. The van der Waals surface area contributed by atoms with Gasteiger partial charge in [-0.1, -0.05) is 23.7 Å². The average molecular weight is 607 g/mol. The van der Waals surface area contributed by atoms with E-state index in [9.17, 15) is 28.0 Å². The summed E-state index contributed by atoms with van der Waals surface area (Å²) < 4.78 is 44.8.